The fraction of sp³-hybridized carbons (Fsp3) is 0.625. The molecule has 1 aromatic rings. The van der Waals surface area contributed by atoms with E-state index in [1.54, 1.807) is 7.11 Å². The normalized spacial score (nSPS) is 22.1. The number of hydrogen-bond acceptors (Lipinski definition) is 3. The smallest absolute Gasteiger partial charge is 0.119 e. The Labute approximate surface area is 116 Å². The van der Waals surface area contributed by atoms with Gasteiger partial charge in [-0.2, -0.15) is 0 Å². The molecule has 1 unspecified atom stereocenters. The molecule has 0 saturated carbocycles. The van der Waals surface area contributed by atoms with E-state index >= 15 is 0 Å². The molecule has 1 aliphatic rings. The molecule has 19 heavy (non-hydrogen) atoms. The van der Waals surface area contributed by atoms with Gasteiger partial charge in [0, 0.05) is 12.1 Å². The first-order valence-corrected chi connectivity index (χ1v) is 7.25. The molecular formula is C16H25NO2. The molecule has 0 aromatic heterocycles. The van der Waals surface area contributed by atoms with Crippen LogP contribution in [-0.2, 0) is 12.8 Å². The molecule has 1 atom stereocenters. The number of aliphatic hydroxyl groups is 1. The molecule has 0 heterocycles. The van der Waals surface area contributed by atoms with E-state index in [1.165, 1.54) is 11.1 Å². The fourth-order valence-corrected chi connectivity index (χ4v) is 3.02. The SMILES string of the molecule is CCCNC1(CCO)CCc2ccc(OC)cc2C1. The first kappa shape index (κ1) is 14.4. The Hall–Kier alpha value is -1.06. The second-order valence-electron chi connectivity index (χ2n) is 5.49. The van der Waals surface area contributed by atoms with Crippen molar-refractivity contribution in [3.05, 3.63) is 29.3 Å². The molecule has 2 N–H and O–H groups in total. The molecule has 106 valence electrons. The van der Waals surface area contributed by atoms with E-state index in [1.807, 2.05) is 6.07 Å². The average Bonchev–Trinajstić information content (AvgIpc) is 2.44. The third-order valence-electron chi connectivity index (χ3n) is 4.16. The van der Waals surface area contributed by atoms with Gasteiger partial charge < -0.3 is 15.2 Å². The van der Waals surface area contributed by atoms with E-state index < -0.39 is 0 Å². The number of methoxy groups -OCH3 is 1. The first-order valence-electron chi connectivity index (χ1n) is 7.25. The maximum absolute atomic E-state index is 9.37. The molecule has 0 radical (unpaired) electrons. The Morgan fingerprint density at radius 3 is 2.89 bits per heavy atom. The Balaban J connectivity index is 2.20. The summed E-state index contributed by atoms with van der Waals surface area (Å²) < 4.78 is 5.32. The van der Waals surface area contributed by atoms with E-state index in [9.17, 15) is 5.11 Å². The topological polar surface area (TPSA) is 41.5 Å². The number of fused-ring (bicyclic) bond motifs is 1. The molecule has 0 aliphatic heterocycles. The number of aryl methyl sites for hydroxylation is 1. The molecule has 0 amide bonds. The molecule has 0 fully saturated rings. The van der Waals surface area contributed by atoms with Crippen LogP contribution in [0.4, 0.5) is 0 Å². The fourth-order valence-electron chi connectivity index (χ4n) is 3.02. The van der Waals surface area contributed by atoms with Crippen molar-refractivity contribution in [3.63, 3.8) is 0 Å². The minimum Gasteiger partial charge on any atom is -0.497 e. The van der Waals surface area contributed by atoms with Crippen LogP contribution < -0.4 is 10.1 Å². The summed E-state index contributed by atoms with van der Waals surface area (Å²) >= 11 is 0. The molecule has 0 bridgehead atoms. The lowest BCUT2D eigenvalue weighted by molar-refractivity contribution is 0.192. The molecule has 0 spiro atoms. The standard InChI is InChI=1S/C16H25NO2/c1-3-9-17-16(8-10-18)7-6-13-4-5-15(19-2)11-14(13)12-16/h4-5,11,17-18H,3,6-10,12H2,1-2H3. The number of aliphatic hydroxyl groups excluding tert-OH is 1. The maximum atomic E-state index is 9.37. The summed E-state index contributed by atoms with van der Waals surface area (Å²) in [4.78, 5) is 0. The van der Waals surface area contributed by atoms with Crippen molar-refractivity contribution in [2.45, 2.75) is 44.6 Å². The van der Waals surface area contributed by atoms with Gasteiger partial charge in [0.25, 0.3) is 0 Å². The third kappa shape index (κ3) is 3.28. The van der Waals surface area contributed by atoms with E-state index in [-0.39, 0.29) is 12.1 Å². The summed E-state index contributed by atoms with van der Waals surface area (Å²) in [7, 11) is 1.71. The second kappa shape index (κ2) is 6.40. The van der Waals surface area contributed by atoms with Gasteiger partial charge in [0.1, 0.15) is 5.75 Å². The van der Waals surface area contributed by atoms with Crippen LogP contribution in [0.1, 0.15) is 37.3 Å². The van der Waals surface area contributed by atoms with Crippen molar-refractivity contribution in [2.24, 2.45) is 0 Å². The highest BCUT2D eigenvalue weighted by molar-refractivity contribution is 5.39. The first-order chi connectivity index (χ1) is 9.23. The molecule has 1 aliphatic carbocycles. The number of hydrogen-bond donors (Lipinski definition) is 2. The van der Waals surface area contributed by atoms with Gasteiger partial charge in [-0.15, -0.1) is 0 Å². The van der Waals surface area contributed by atoms with Crippen LogP contribution in [0.2, 0.25) is 0 Å². The van der Waals surface area contributed by atoms with Crippen LogP contribution in [0.25, 0.3) is 0 Å². The summed E-state index contributed by atoms with van der Waals surface area (Å²) in [5.74, 6) is 0.925. The van der Waals surface area contributed by atoms with Crippen LogP contribution in [0.5, 0.6) is 5.75 Å². The number of nitrogens with one attached hydrogen (secondary N) is 1. The van der Waals surface area contributed by atoms with Crippen LogP contribution in [0, 0.1) is 0 Å². The summed E-state index contributed by atoms with van der Waals surface area (Å²) in [5.41, 5.74) is 2.85. The van der Waals surface area contributed by atoms with E-state index in [0.29, 0.717) is 0 Å². The lowest BCUT2D eigenvalue weighted by Gasteiger charge is -2.39. The van der Waals surface area contributed by atoms with Gasteiger partial charge in [-0.3, -0.25) is 0 Å². The third-order valence-corrected chi connectivity index (χ3v) is 4.16. The van der Waals surface area contributed by atoms with Crippen molar-refractivity contribution in [2.75, 3.05) is 20.3 Å². The maximum Gasteiger partial charge on any atom is 0.119 e. The summed E-state index contributed by atoms with van der Waals surface area (Å²) in [6.07, 6.45) is 5.12. The lowest BCUT2D eigenvalue weighted by Crippen LogP contribution is -2.50. The van der Waals surface area contributed by atoms with Gasteiger partial charge in [-0.1, -0.05) is 13.0 Å². The predicted octanol–water partition coefficient (Wildman–Crippen LogP) is 2.30. The number of ether oxygens (including phenoxy) is 1. The van der Waals surface area contributed by atoms with E-state index in [0.717, 1.165) is 44.4 Å². The average molecular weight is 263 g/mol. The van der Waals surface area contributed by atoms with Crippen molar-refractivity contribution >= 4 is 0 Å². The minimum atomic E-state index is 0.0596. The zero-order valence-corrected chi connectivity index (χ0v) is 12.0. The zero-order valence-electron chi connectivity index (χ0n) is 12.0. The van der Waals surface area contributed by atoms with Crippen LogP contribution >= 0.6 is 0 Å². The Morgan fingerprint density at radius 1 is 1.37 bits per heavy atom. The van der Waals surface area contributed by atoms with Crippen LogP contribution in [0.15, 0.2) is 18.2 Å². The Bertz CT molecular complexity index is 419. The number of benzene rings is 1. The summed E-state index contributed by atoms with van der Waals surface area (Å²) in [6.45, 7) is 3.44. The van der Waals surface area contributed by atoms with Gasteiger partial charge in [0.15, 0.2) is 0 Å². The van der Waals surface area contributed by atoms with Gasteiger partial charge in [-0.25, -0.2) is 0 Å². The lowest BCUT2D eigenvalue weighted by atomic mass is 9.76. The number of rotatable bonds is 6. The van der Waals surface area contributed by atoms with Crippen molar-refractivity contribution in [1.29, 1.82) is 0 Å². The highest BCUT2D eigenvalue weighted by atomic mass is 16.5. The molecular weight excluding hydrogens is 238 g/mol. The van der Waals surface area contributed by atoms with Gasteiger partial charge in [0.05, 0.1) is 7.11 Å². The van der Waals surface area contributed by atoms with Crippen molar-refractivity contribution in [3.8, 4) is 5.75 Å². The van der Waals surface area contributed by atoms with Crippen LogP contribution in [0.3, 0.4) is 0 Å². The van der Waals surface area contributed by atoms with Crippen molar-refractivity contribution in [1.82, 2.24) is 5.32 Å². The molecule has 1 aromatic carbocycles. The van der Waals surface area contributed by atoms with E-state index in [4.69, 9.17) is 4.74 Å². The second-order valence-corrected chi connectivity index (χ2v) is 5.49. The zero-order chi connectivity index (χ0) is 13.7. The van der Waals surface area contributed by atoms with Gasteiger partial charge in [-0.05, 0) is 61.9 Å². The van der Waals surface area contributed by atoms with Gasteiger partial charge in [0.2, 0.25) is 0 Å². The molecule has 3 heteroatoms. The van der Waals surface area contributed by atoms with E-state index in [2.05, 4.69) is 24.4 Å². The minimum absolute atomic E-state index is 0.0596. The predicted molar refractivity (Wildman–Crippen MR) is 77.7 cm³/mol. The highest BCUT2D eigenvalue weighted by Crippen LogP contribution is 2.33. The Kier molecular flexibility index (Phi) is 4.83. The monoisotopic (exact) mass is 263 g/mol. The van der Waals surface area contributed by atoms with Crippen LogP contribution in [-0.4, -0.2) is 30.9 Å². The molecule has 3 nitrogen and oxygen atoms in total. The van der Waals surface area contributed by atoms with Crippen molar-refractivity contribution < 1.29 is 9.84 Å². The summed E-state index contributed by atoms with van der Waals surface area (Å²) in [5, 5.41) is 13.0. The van der Waals surface area contributed by atoms with Gasteiger partial charge >= 0.3 is 0 Å². The highest BCUT2D eigenvalue weighted by Gasteiger charge is 2.33. The Morgan fingerprint density at radius 2 is 2.21 bits per heavy atom. The summed E-state index contributed by atoms with van der Waals surface area (Å²) in [6, 6.07) is 6.36. The molecule has 0 saturated heterocycles. The largest absolute Gasteiger partial charge is 0.497 e. The quantitative estimate of drug-likeness (QED) is 0.827. The molecule has 2 rings (SSSR count).